The average molecular weight is 620 g/mol. The van der Waals surface area contributed by atoms with Gasteiger partial charge in [0.25, 0.3) is 0 Å². The van der Waals surface area contributed by atoms with Gasteiger partial charge >= 0.3 is 17.9 Å². The molecule has 0 spiro atoms. The van der Waals surface area contributed by atoms with Crippen molar-refractivity contribution in [1.29, 1.82) is 0 Å². The number of aromatic hydroxyl groups is 9. The second-order valence-corrected chi connectivity index (χ2v) is 9.57. The molecule has 11 N–H and O–H groups in total. The molecule has 0 heterocycles. The van der Waals surface area contributed by atoms with Crippen molar-refractivity contribution < 1.29 is 84.8 Å². The maximum Gasteiger partial charge on any atom is 0.338 e. The van der Waals surface area contributed by atoms with Crippen LogP contribution in [0.15, 0.2) is 36.4 Å². The number of phenols is 9. The molecule has 0 aliphatic heterocycles. The molecule has 0 bridgehead atoms. The smallest absolute Gasteiger partial charge is 0.338 e. The second-order valence-electron chi connectivity index (χ2n) is 9.57. The second kappa shape index (κ2) is 11.8. The van der Waals surface area contributed by atoms with Crippen LogP contribution in [-0.2, 0) is 14.2 Å². The van der Waals surface area contributed by atoms with Crippen LogP contribution in [-0.4, -0.2) is 105 Å². The van der Waals surface area contributed by atoms with E-state index < -0.39 is 123 Å². The lowest BCUT2D eigenvalue weighted by Crippen LogP contribution is -2.59. The molecule has 4 rings (SSSR count). The number of hydrogen-bond acceptors (Lipinski definition) is 17. The Balaban J connectivity index is 1.64. The van der Waals surface area contributed by atoms with Crippen LogP contribution in [0.4, 0.5) is 0 Å². The summed E-state index contributed by atoms with van der Waals surface area (Å²) >= 11 is 0. The topological polar surface area (TPSA) is 301 Å². The minimum atomic E-state index is -2.18. The van der Waals surface area contributed by atoms with E-state index >= 15 is 0 Å². The molecule has 0 saturated heterocycles. The maximum atomic E-state index is 12.9. The molecule has 0 radical (unpaired) electrons. The molecule has 1 aliphatic rings. The van der Waals surface area contributed by atoms with Crippen molar-refractivity contribution in [2.75, 3.05) is 0 Å². The molecule has 3 aromatic rings. The van der Waals surface area contributed by atoms with Gasteiger partial charge in [0.2, 0.25) is 0 Å². The first-order valence-electron chi connectivity index (χ1n) is 12.3. The van der Waals surface area contributed by atoms with Crippen LogP contribution in [0.25, 0.3) is 0 Å². The summed E-state index contributed by atoms with van der Waals surface area (Å²) in [6, 6.07) is 4.20. The highest BCUT2D eigenvalue weighted by atomic mass is 16.6. The summed E-state index contributed by atoms with van der Waals surface area (Å²) in [6.07, 6.45) is -10.3. The summed E-state index contributed by atoms with van der Waals surface area (Å²) < 4.78 is 15.6. The van der Waals surface area contributed by atoms with Crippen molar-refractivity contribution in [2.24, 2.45) is 0 Å². The summed E-state index contributed by atoms with van der Waals surface area (Å²) in [6.45, 7) is 0. The zero-order chi connectivity index (χ0) is 32.6. The number of carbonyl (C=O) groups excluding carboxylic acids is 3. The SMILES string of the molecule is O=C(O[C@@H]1[C@H](O)[C@@H](OC(=O)c2cc(O)c(O)c(O)c2)[C@H](OC(=O)c2cc(O)c(O)c(O)c2)C[C@H]1O)c1cc(O)c(O)c(O)c1. The number of aliphatic hydroxyl groups excluding tert-OH is 2. The first-order chi connectivity index (χ1) is 20.6. The van der Waals surface area contributed by atoms with Gasteiger partial charge in [-0.2, -0.15) is 0 Å². The number of rotatable bonds is 6. The van der Waals surface area contributed by atoms with Crippen molar-refractivity contribution in [3.05, 3.63) is 53.1 Å². The molecule has 0 aromatic heterocycles. The molecule has 5 atom stereocenters. The Morgan fingerprint density at radius 2 is 0.795 bits per heavy atom. The van der Waals surface area contributed by atoms with Crippen LogP contribution in [0.2, 0.25) is 0 Å². The van der Waals surface area contributed by atoms with E-state index in [2.05, 4.69) is 0 Å². The average Bonchev–Trinajstić information content (AvgIpc) is 2.96. The normalized spacial score (nSPS) is 21.3. The van der Waals surface area contributed by atoms with E-state index in [9.17, 15) is 70.6 Å². The number of hydrogen-bond donors (Lipinski definition) is 11. The third kappa shape index (κ3) is 6.03. The number of phenolic OH excluding ortho intramolecular Hbond substituents is 9. The number of benzene rings is 3. The molecule has 1 fully saturated rings. The lowest BCUT2D eigenvalue weighted by Gasteiger charge is -2.41. The fourth-order valence-corrected chi connectivity index (χ4v) is 4.30. The standard InChI is InChI=1S/C27H24O17/c28-11-1-8(2-12(29)19(11)35)25(39)42-18-7-17(34)23(43-26(40)9-3-13(30)20(36)14(31)4-9)22(38)24(18)44-27(41)10-5-15(32)21(37)16(33)6-10/h1-6,17-18,22-24,28-38H,7H2/t17-,18-,22+,23+,24+/m1/s1. The van der Waals surface area contributed by atoms with E-state index in [1.54, 1.807) is 0 Å². The number of ether oxygens (including phenoxy) is 3. The molecule has 3 aromatic carbocycles. The van der Waals surface area contributed by atoms with E-state index in [1.165, 1.54) is 0 Å². The van der Waals surface area contributed by atoms with Crippen molar-refractivity contribution in [3.63, 3.8) is 0 Å². The zero-order valence-corrected chi connectivity index (χ0v) is 21.9. The van der Waals surface area contributed by atoms with Gasteiger partial charge < -0.3 is 70.4 Å². The lowest BCUT2D eigenvalue weighted by atomic mass is 9.86. The van der Waals surface area contributed by atoms with Crippen LogP contribution in [0.1, 0.15) is 37.5 Å². The van der Waals surface area contributed by atoms with Crippen LogP contribution >= 0.6 is 0 Å². The fraction of sp³-hybridized carbons (Fsp3) is 0.222. The summed E-state index contributed by atoms with van der Waals surface area (Å²) in [5.41, 5.74) is -1.64. The van der Waals surface area contributed by atoms with Crippen LogP contribution in [0.3, 0.4) is 0 Å². The Morgan fingerprint density at radius 3 is 1.14 bits per heavy atom. The first kappa shape index (κ1) is 31.1. The number of carbonyl (C=O) groups is 3. The van der Waals surface area contributed by atoms with E-state index in [0.717, 1.165) is 0 Å². The Hall–Kier alpha value is -5.81. The summed E-state index contributed by atoms with van der Waals surface area (Å²) in [4.78, 5) is 38.5. The van der Waals surface area contributed by atoms with E-state index in [-0.39, 0.29) is 0 Å². The fourth-order valence-electron chi connectivity index (χ4n) is 4.30. The molecular formula is C27H24O17. The number of esters is 3. The predicted molar refractivity (Wildman–Crippen MR) is 139 cm³/mol. The highest BCUT2D eigenvalue weighted by molar-refractivity contribution is 5.93. The van der Waals surface area contributed by atoms with E-state index in [4.69, 9.17) is 14.2 Å². The van der Waals surface area contributed by atoms with Crippen LogP contribution in [0, 0.1) is 0 Å². The van der Waals surface area contributed by atoms with Gasteiger partial charge in [-0.25, -0.2) is 14.4 Å². The third-order valence-electron chi connectivity index (χ3n) is 6.55. The maximum absolute atomic E-state index is 12.9. The van der Waals surface area contributed by atoms with Gasteiger partial charge in [-0.05, 0) is 36.4 Å². The first-order valence-corrected chi connectivity index (χ1v) is 12.3. The van der Waals surface area contributed by atoms with Crippen molar-refractivity contribution in [2.45, 2.75) is 36.9 Å². The van der Waals surface area contributed by atoms with Gasteiger partial charge in [-0.1, -0.05) is 0 Å². The molecule has 0 amide bonds. The van der Waals surface area contributed by atoms with Crippen molar-refractivity contribution in [1.82, 2.24) is 0 Å². The molecular weight excluding hydrogens is 596 g/mol. The molecule has 44 heavy (non-hydrogen) atoms. The highest BCUT2D eigenvalue weighted by Gasteiger charge is 2.50. The highest BCUT2D eigenvalue weighted by Crippen LogP contribution is 2.39. The van der Waals surface area contributed by atoms with Gasteiger partial charge in [0.15, 0.2) is 64.0 Å². The molecule has 17 nitrogen and oxygen atoms in total. The summed E-state index contributed by atoms with van der Waals surface area (Å²) in [7, 11) is 0. The zero-order valence-electron chi connectivity index (χ0n) is 21.9. The number of aliphatic hydroxyl groups is 2. The molecule has 0 unspecified atom stereocenters. The van der Waals surface area contributed by atoms with E-state index in [1.807, 2.05) is 0 Å². The minimum absolute atomic E-state index is 0.527. The van der Waals surface area contributed by atoms with Gasteiger partial charge in [0.1, 0.15) is 12.2 Å². The molecule has 17 heteroatoms. The monoisotopic (exact) mass is 620 g/mol. The minimum Gasteiger partial charge on any atom is -0.504 e. The Kier molecular flexibility index (Phi) is 8.36. The molecule has 234 valence electrons. The van der Waals surface area contributed by atoms with Gasteiger partial charge in [-0.15, -0.1) is 0 Å². The van der Waals surface area contributed by atoms with Crippen LogP contribution in [0.5, 0.6) is 51.7 Å². The van der Waals surface area contributed by atoms with Gasteiger partial charge in [-0.3, -0.25) is 0 Å². The Labute approximate surface area is 244 Å². The molecule has 1 saturated carbocycles. The Morgan fingerprint density at radius 1 is 0.500 bits per heavy atom. The Bertz CT molecular complexity index is 1560. The van der Waals surface area contributed by atoms with Gasteiger partial charge in [0, 0.05) is 6.42 Å². The predicted octanol–water partition coefficient (Wildman–Crippen LogP) is 0.139. The van der Waals surface area contributed by atoms with Gasteiger partial charge in [0.05, 0.1) is 22.8 Å². The summed E-state index contributed by atoms with van der Waals surface area (Å²) in [5.74, 6) is -12.4. The summed E-state index contributed by atoms with van der Waals surface area (Å²) in [5, 5.41) is 109. The third-order valence-corrected chi connectivity index (χ3v) is 6.55. The van der Waals surface area contributed by atoms with Crippen LogP contribution < -0.4 is 0 Å². The lowest BCUT2D eigenvalue weighted by molar-refractivity contribution is -0.180. The van der Waals surface area contributed by atoms with E-state index in [0.29, 0.717) is 36.4 Å². The largest absolute Gasteiger partial charge is 0.504 e. The quantitative estimate of drug-likeness (QED) is 0.0991. The molecule has 1 aliphatic carbocycles. The van der Waals surface area contributed by atoms with Crippen molar-refractivity contribution >= 4 is 17.9 Å². The van der Waals surface area contributed by atoms with Crippen molar-refractivity contribution in [3.8, 4) is 51.7 Å².